The summed E-state index contributed by atoms with van der Waals surface area (Å²) in [5.41, 5.74) is 0.853. The van der Waals surface area contributed by atoms with Crippen LogP contribution in [0.1, 0.15) is 31.6 Å². The van der Waals surface area contributed by atoms with E-state index >= 15 is 0 Å². The number of carboxylic acid groups (broad SMARTS) is 1. The highest BCUT2D eigenvalue weighted by Crippen LogP contribution is 2.42. The van der Waals surface area contributed by atoms with Gasteiger partial charge >= 0.3 is 5.97 Å². The molecule has 1 aliphatic carbocycles. The molecule has 0 amide bonds. The Hall–Kier alpha value is -1.69. The van der Waals surface area contributed by atoms with Crippen LogP contribution in [-0.4, -0.2) is 21.2 Å². The summed E-state index contributed by atoms with van der Waals surface area (Å²) in [6.45, 7) is 2.06. The van der Waals surface area contributed by atoms with Gasteiger partial charge in [0.1, 0.15) is 0 Å². The molecule has 0 spiro atoms. The molecule has 0 radical (unpaired) electrons. The molecule has 1 aromatic heterocycles. The van der Waals surface area contributed by atoms with E-state index in [-0.39, 0.29) is 5.92 Å². The number of rotatable bonds is 3. The van der Waals surface area contributed by atoms with Gasteiger partial charge in [-0.15, -0.1) is 0 Å². The molecular weight excluding hydrogens is 336 g/mol. The summed E-state index contributed by atoms with van der Waals surface area (Å²) in [5, 5.41) is 13.3. The van der Waals surface area contributed by atoms with Gasteiger partial charge in [0.05, 0.1) is 11.8 Å². The quantitative estimate of drug-likeness (QED) is 0.912. The van der Waals surface area contributed by atoms with E-state index in [1.54, 1.807) is 0 Å². The van der Waals surface area contributed by atoms with Crippen molar-refractivity contribution in [1.82, 2.24) is 10.1 Å². The lowest BCUT2D eigenvalue weighted by Crippen LogP contribution is -2.17. The lowest BCUT2D eigenvalue weighted by atomic mass is 9.96. The van der Waals surface area contributed by atoms with Gasteiger partial charge in [-0.05, 0) is 43.0 Å². The maximum absolute atomic E-state index is 11.4. The largest absolute Gasteiger partial charge is 0.481 e. The summed E-state index contributed by atoms with van der Waals surface area (Å²) in [6.07, 6.45) is 1.44. The molecule has 1 N–H and O–H groups in total. The van der Waals surface area contributed by atoms with Crippen molar-refractivity contribution in [3.05, 3.63) is 34.6 Å². The van der Waals surface area contributed by atoms with Gasteiger partial charge in [0, 0.05) is 10.0 Å². The van der Waals surface area contributed by atoms with Crippen molar-refractivity contribution in [2.24, 2.45) is 11.8 Å². The number of benzene rings is 1. The number of aliphatic carboxylic acids is 1. The van der Waals surface area contributed by atoms with E-state index < -0.39 is 11.9 Å². The molecule has 1 aromatic carbocycles. The molecule has 6 heteroatoms. The molecule has 3 atom stereocenters. The van der Waals surface area contributed by atoms with Crippen LogP contribution in [-0.2, 0) is 4.79 Å². The van der Waals surface area contributed by atoms with Gasteiger partial charge < -0.3 is 9.63 Å². The maximum Gasteiger partial charge on any atom is 0.307 e. The van der Waals surface area contributed by atoms with Crippen LogP contribution in [0.25, 0.3) is 11.4 Å². The number of nitrogens with zero attached hydrogens (tertiary/aromatic N) is 2. The smallest absolute Gasteiger partial charge is 0.307 e. The molecule has 0 bridgehead atoms. The summed E-state index contributed by atoms with van der Waals surface area (Å²) in [7, 11) is 0. The predicted octanol–water partition coefficient (Wildman–Crippen LogP) is 3.71. The first-order valence-corrected chi connectivity index (χ1v) is 7.66. The highest BCUT2D eigenvalue weighted by molar-refractivity contribution is 9.10. The molecule has 5 nitrogen and oxygen atoms in total. The van der Waals surface area contributed by atoms with Gasteiger partial charge in [0.25, 0.3) is 0 Å². The van der Waals surface area contributed by atoms with Crippen LogP contribution in [0.4, 0.5) is 0 Å². The Morgan fingerprint density at radius 1 is 1.33 bits per heavy atom. The normalized spacial score (nSPS) is 25.1. The number of aromatic nitrogens is 2. The van der Waals surface area contributed by atoms with Crippen molar-refractivity contribution >= 4 is 21.9 Å². The molecule has 1 aliphatic rings. The molecule has 1 heterocycles. The fourth-order valence-electron chi connectivity index (χ4n) is 2.94. The fourth-order valence-corrected chi connectivity index (χ4v) is 3.20. The summed E-state index contributed by atoms with van der Waals surface area (Å²) >= 11 is 3.38. The third kappa shape index (κ3) is 2.85. The first-order valence-electron chi connectivity index (χ1n) is 6.87. The van der Waals surface area contributed by atoms with Crippen molar-refractivity contribution < 1.29 is 14.4 Å². The average molecular weight is 351 g/mol. The Labute approximate surface area is 130 Å². The van der Waals surface area contributed by atoms with Crippen molar-refractivity contribution in [3.63, 3.8) is 0 Å². The number of carboxylic acids is 1. The summed E-state index contributed by atoms with van der Waals surface area (Å²) in [4.78, 5) is 15.8. The van der Waals surface area contributed by atoms with E-state index in [0.717, 1.165) is 16.5 Å². The third-order valence-corrected chi connectivity index (χ3v) is 4.51. The molecule has 3 unspecified atom stereocenters. The zero-order chi connectivity index (χ0) is 15.0. The Kier molecular flexibility index (Phi) is 3.80. The molecule has 1 saturated carbocycles. The lowest BCUT2D eigenvalue weighted by molar-refractivity contribution is -0.142. The van der Waals surface area contributed by atoms with Gasteiger partial charge in [-0.25, -0.2) is 0 Å². The molecule has 3 rings (SSSR count). The zero-order valence-electron chi connectivity index (χ0n) is 11.5. The van der Waals surface area contributed by atoms with Crippen molar-refractivity contribution in [2.45, 2.75) is 25.7 Å². The minimum atomic E-state index is -0.784. The van der Waals surface area contributed by atoms with E-state index in [1.807, 2.05) is 24.3 Å². The lowest BCUT2D eigenvalue weighted by Gasteiger charge is -2.09. The maximum atomic E-state index is 11.4. The van der Waals surface area contributed by atoms with Gasteiger partial charge in [0.2, 0.25) is 11.7 Å². The van der Waals surface area contributed by atoms with Crippen LogP contribution < -0.4 is 0 Å². The van der Waals surface area contributed by atoms with Crippen molar-refractivity contribution in [1.29, 1.82) is 0 Å². The van der Waals surface area contributed by atoms with E-state index in [9.17, 15) is 9.90 Å². The second-order valence-electron chi connectivity index (χ2n) is 5.59. The summed E-state index contributed by atoms with van der Waals surface area (Å²) in [5.74, 6) is -0.106. The third-order valence-electron chi connectivity index (χ3n) is 3.98. The fraction of sp³-hybridized carbons (Fsp3) is 0.400. The molecule has 2 aromatic rings. The molecule has 0 saturated heterocycles. The number of hydrogen-bond donors (Lipinski definition) is 1. The predicted molar refractivity (Wildman–Crippen MR) is 79.7 cm³/mol. The average Bonchev–Trinajstić information content (AvgIpc) is 3.06. The SMILES string of the molecule is CC1CC(C(=O)O)C(c2nc(-c3ccc(Br)cc3)no2)C1. The molecule has 21 heavy (non-hydrogen) atoms. The molecule has 110 valence electrons. The summed E-state index contributed by atoms with van der Waals surface area (Å²) in [6, 6.07) is 7.60. The topological polar surface area (TPSA) is 76.2 Å². The van der Waals surface area contributed by atoms with Crippen LogP contribution in [0.5, 0.6) is 0 Å². The van der Waals surface area contributed by atoms with Crippen LogP contribution in [0.2, 0.25) is 0 Å². The summed E-state index contributed by atoms with van der Waals surface area (Å²) < 4.78 is 6.30. The Balaban J connectivity index is 1.87. The van der Waals surface area contributed by atoms with Gasteiger partial charge in [0.15, 0.2) is 0 Å². The van der Waals surface area contributed by atoms with E-state index in [1.165, 1.54) is 0 Å². The van der Waals surface area contributed by atoms with Crippen molar-refractivity contribution in [3.8, 4) is 11.4 Å². The van der Waals surface area contributed by atoms with Gasteiger partial charge in [-0.3, -0.25) is 4.79 Å². The van der Waals surface area contributed by atoms with Crippen LogP contribution in [0.15, 0.2) is 33.3 Å². The molecule has 0 aliphatic heterocycles. The van der Waals surface area contributed by atoms with E-state index in [2.05, 4.69) is 33.0 Å². The monoisotopic (exact) mass is 350 g/mol. The Morgan fingerprint density at radius 2 is 2.05 bits per heavy atom. The molecule has 1 fully saturated rings. The first-order chi connectivity index (χ1) is 10.0. The Morgan fingerprint density at radius 3 is 2.71 bits per heavy atom. The van der Waals surface area contributed by atoms with Crippen LogP contribution in [0, 0.1) is 11.8 Å². The van der Waals surface area contributed by atoms with Crippen LogP contribution >= 0.6 is 15.9 Å². The minimum Gasteiger partial charge on any atom is -0.481 e. The number of hydrogen-bond acceptors (Lipinski definition) is 4. The van der Waals surface area contributed by atoms with Gasteiger partial charge in [-0.2, -0.15) is 4.98 Å². The van der Waals surface area contributed by atoms with E-state index in [4.69, 9.17) is 4.52 Å². The number of halogens is 1. The van der Waals surface area contributed by atoms with Crippen LogP contribution in [0.3, 0.4) is 0 Å². The zero-order valence-corrected chi connectivity index (χ0v) is 13.1. The highest BCUT2D eigenvalue weighted by atomic mass is 79.9. The second kappa shape index (κ2) is 5.60. The van der Waals surface area contributed by atoms with Crippen molar-refractivity contribution in [2.75, 3.05) is 0 Å². The molecular formula is C15H15BrN2O3. The van der Waals surface area contributed by atoms with Gasteiger partial charge in [-0.1, -0.05) is 28.0 Å². The highest BCUT2D eigenvalue weighted by Gasteiger charge is 2.41. The standard InChI is InChI=1S/C15H15BrN2O3/c1-8-6-11(12(7-8)15(19)20)14-17-13(18-21-14)9-2-4-10(16)5-3-9/h2-5,8,11-12H,6-7H2,1H3,(H,19,20). The Bertz CT molecular complexity index is 653. The second-order valence-corrected chi connectivity index (χ2v) is 6.51. The number of carbonyl (C=O) groups is 1. The minimum absolute atomic E-state index is 0.186. The van der Waals surface area contributed by atoms with E-state index in [0.29, 0.717) is 24.1 Å². The first kappa shape index (κ1) is 14.3.